The van der Waals surface area contributed by atoms with Gasteiger partial charge < -0.3 is 0 Å². The van der Waals surface area contributed by atoms with Crippen molar-refractivity contribution in [1.82, 2.24) is 5.43 Å². The Kier molecular flexibility index (Phi) is 3.37. The molecule has 0 saturated heterocycles. The molecular weight excluding hydrogens is 249 g/mol. The lowest BCUT2D eigenvalue weighted by atomic mass is 10.1. The Morgan fingerprint density at radius 3 is 2.65 bits per heavy atom. The number of hydrogen-bond acceptors (Lipinski definition) is 3. The van der Waals surface area contributed by atoms with Gasteiger partial charge >= 0.3 is 6.18 Å². The molecule has 0 saturated carbocycles. The zero-order valence-corrected chi connectivity index (χ0v) is 9.61. The van der Waals surface area contributed by atoms with Crippen LogP contribution >= 0.6 is 11.3 Å². The first kappa shape index (κ1) is 12.3. The van der Waals surface area contributed by atoms with E-state index < -0.39 is 12.2 Å². The Morgan fingerprint density at radius 2 is 2.00 bits per heavy atom. The minimum absolute atomic E-state index is 0.149. The first-order chi connectivity index (χ1) is 8.02. The lowest BCUT2D eigenvalue weighted by molar-refractivity contribution is -0.155. The molecule has 0 bridgehead atoms. The monoisotopic (exact) mass is 260 g/mol. The molecule has 0 aliphatic heterocycles. The summed E-state index contributed by atoms with van der Waals surface area (Å²) in [7, 11) is 0. The van der Waals surface area contributed by atoms with E-state index >= 15 is 0 Å². The van der Waals surface area contributed by atoms with Crippen LogP contribution in [0, 0.1) is 0 Å². The van der Waals surface area contributed by atoms with E-state index in [-0.39, 0.29) is 6.42 Å². The number of fused-ring (bicyclic) bond motifs is 1. The van der Waals surface area contributed by atoms with Gasteiger partial charge in [-0.25, -0.2) is 5.43 Å². The van der Waals surface area contributed by atoms with Gasteiger partial charge in [0, 0.05) is 4.70 Å². The third-order valence-corrected chi connectivity index (χ3v) is 3.59. The van der Waals surface area contributed by atoms with Crippen molar-refractivity contribution in [1.29, 1.82) is 0 Å². The van der Waals surface area contributed by atoms with Crippen LogP contribution in [0.5, 0.6) is 0 Å². The molecule has 2 aromatic rings. The Balaban J connectivity index is 2.29. The molecule has 3 N–H and O–H groups in total. The summed E-state index contributed by atoms with van der Waals surface area (Å²) in [6, 6.07) is 5.69. The van der Waals surface area contributed by atoms with Gasteiger partial charge in [-0.05, 0) is 28.8 Å². The van der Waals surface area contributed by atoms with Crippen molar-refractivity contribution in [3.8, 4) is 0 Å². The van der Waals surface area contributed by atoms with Gasteiger partial charge in [-0.15, -0.1) is 11.3 Å². The van der Waals surface area contributed by atoms with E-state index in [0.717, 1.165) is 10.1 Å². The van der Waals surface area contributed by atoms with Gasteiger partial charge in [0.2, 0.25) is 0 Å². The number of nitrogens with two attached hydrogens (primary N) is 1. The molecule has 0 spiro atoms. The maximum atomic E-state index is 12.6. The first-order valence-electron chi connectivity index (χ1n) is 5.00. The quantitative estimate of drug-likeness (QED) is 0.658. The molecule has 17 heavy (non-hydrogen) atoms. The van der Waals surface area contributed by atoms with Crippen LogP contribution in [0.1, 0.15) is 5.56 Å². The van der Waals surface area contributed by atoms with Crippen LogP contribution in [0.4, 0.5) is 13.2 Å². The third kappa shape index (κ3) is 2.59. The van der Waals surface area contributed by atoms with Gasteiger partial charge in [0.25, 0.3) is 0 Å². The highest BCUT2D eigenvalue weighted by Crippen LogP contribution is 2.29. The minimum Gasteiger partial charge on any atom is -0.271 e. The van der Waals surface area contributed by atoms with Gasteiger partial charge in [0.05, 0.1) is 0 Å². The van der Waals surface area contributed by atoms with Gasteiger partial charge in [0.1, 0.15) is 6.04 Å². The van der Waals surface area contributed by atoms with Crippen molar-refractivity contribution in [3.05, 3.63) is 35.2 Å². The number of hydrogen-bond donors (Lipinski definition) is 2. The number of rotatable bonds is 3. The van der Waals surface area contributed by atoms with E-state index in [1.807, 2.05) is 29.7 Å². The maximum Gasteiger partial charge on any atom is 0.405 e. The van der Waals surface area contributed by atoms with Gasteiger partial charge in [-0.1, -0.05) is 18.2 Å². The fourth-order valence-electron chi connectivity index (χ4n) is 1.68. The van der Waals surface area contributed by atoms with E-state index in [4.69, 9.17) is 5.84 Å². The summed E-state index contributed by atoms with van der Waals surface area (Å²) in [5.74, 6) is 4.95. The predicted molar refractivity (Wildman–Crippen MR) is 62.7 cm³/mol. The number of thiophene rings is 1. The molecule has 2 rings (SSSR count). The van der Waals surface area contributed by atoms with E-state index in [0.29, 0.717) is 5.56 Å². The number of nitrogens with one attached hydrogen (secondary N) is 1. The van der Waals surface area contributed by atoms with Crippen molar-refractivity contribution >= 4 is 21.4 Å². The van der Waals surface area contributed by atoms with E-state index in [2.05, 4.69) is 0 Å². The first-order valence-corrected chi connectivity index (χ1v) is 5.88. The Morgan fingerprint density at radius 1 is 1.29 bits per heavy atom. The van der Waals surface area contributed by atoms with Crippen molar-refractivity contribution < 1.29 is 13.2 Å². The highest BCUT2D eigenvalue weighted by molar-refractivity contribution is 7.17. The summed E-state index contributed by atoms with van der Waals surface area (Å²) in [6.07, 6.45) is -4.48. The Hall–Kier alpha value is -1.11. The largest absolute Gasteiger partial charge is 0.405 e. The van der Waals surface area contributed by atoms with Crippen molar-refractivity contribution in [3.63, 3.8) is 0 Å². The standard InChI is InChI=1S/C11H11F3N2S/c12-11(13,14)10(16-15)5-7-6-17-9-4-2-1-3-8(7)9/h1-4,6,10,16H,5,15H2. The SMILES string of the molecule is NNC(Cc1csc2ccccc12)C(F)(F)F. The molecule has 1 heterocycles. The molecule has 0 aliphatic rings. The van der Waals surface area contributed by atoms with Crippen molar-refractivity contribution in [2.24, 2.45) is 5.84 Å². The minimum atomic E-state index is -4.34. The molecule has 1 atom stereocenters. The molecular formula is C11H11F3N2S. The molecule has 0 amide bonds. The normalized spacial score (nSPS) is 14.1. The molecule has 1 aromatic carbocycles. The lowest BCUT2D eigenvalue weighted by Crippen LogP contribution is -2.47. The number of halogens is 3. The molecule has 6 heteroatoms. The van der Waals surface area contributed by atoms with Crippen LogP contribution in [-0.2, 0) is 6.42 Å². The summed E-state index contributed by atoms with van der Waals surface area (Å²) in [5.41, 5.74) is 2.50. The fourth-order valence-corrected chi connectivity index (χ4v) is 2.66. The van der Waals surface area contributed by atoms with Crippen LogP contribution in [0.2, 0.25) is 0 Å². The van der Waals surface area contributed by atoms with Crippen LogP contribution < -0.4 is 11.3 Å². The topological polar surface area (TPSA) is 38.0 Å². The molecule has 0 aliphatic carbocycles. The summed E-state index contributed by atoms with van der Waals surface area (Å²) in [4.78, 5) is 0. The third-order valence-electron chi connectivity index (χ3n) is 2.58. The molecule has 92 valence electrons. The predicted octanol–water partition coefficient (Wildman–Crippen LogP) is 2.84. The van der Waals surface area contributed by atoms with E-state index in [9.17, 15) is 13.2 Å². The zero-order valence-electron chi connectivity index (χ0n) is 8.79. The molecule has 1 unspecified atom stereocenters. The lowest BCUT2D eigenvalue weighted by Gasteiger charge is -2.18. The second-order valence-electron chi connectivity index (χ2n) is 3.72. The van der Waals surface area contributed by atoms with Gasteiger partial charge in [-0.3, -0.25) is 5.84 Å². The number of hydrazine groups is 1. The zero-order chi connectivity index (χ0) is 12.5. The molecule has 0 radical (unpaired) electrons. The molecule has 1 aromatic heterocycles. The van der Waals surface area contributed by atoms with E-state index in [1.165, 1.54) is 11.3 Å². The number of benzene rings is 1. The average molecular weight is 260 g/mol. The van der Waals surface area contributed by atoms with Crippen LogP contribution in [0.15, 0.2) is 29.6 Å². The highest BCUT2D eigenvalue weighted by Gasteiger charge is 2.39. The second-order valence-corrected chi connectivity index (χ2v) is 4.63. The maximum absolute atomic E-state index is 12.6. The summed E-state index contributed by atoms with van der Waals surface area (Å²) < 4.78 is 38.7. The van der Waals surface area contributed by atoms with Crippen LogP contribution in [0.25, 0.3) is 10.1 Å². The summed E-state index contributed by atoms with van der Waals surface area (Å²) in [6.45, 7) is 0. The van der Waals surface area contributed by atoms with Gasteiger partial charge in [-0.2, -0.15) is 13.2 Å². The van der Waals surface area contributed by atoms with Crippen molar-refractivity contribution in [2.45, 2.75) is 18.6 Å². The second kappa shape index (κ2) is 4.64. The Labute approximate surface area is 100 Å². The van der Waals surface area contributed by atoms with Crippen molar-refractivity contribution in [2.75, 3.05) is 0 Å². The molecule has 0 fully saturated rings. The van der Waals surface area contributed by atoms with Gasteiger partial charge in [0.15, 0.2) is 0 Å². The van der Waals surface area contributed by atoms with E-state index in [1.54, 1.807) is 5.38 Å². The molecule has 2 nitrogen and oxygen atoms in total. The number of alkyl halides is 3. The highest BCUT2D eigenvalue weighted by atomic mass is 32.1. The average Bonchev–Trinajstić information content (AvgIpc) is 2.67. The van der Waals surface area contributed by atoms with Crippen LogP contribution in [0.3, 0.4) is 0 Å². The summed E-state index contributed by atoms with van der Waals surface area (Å²) in [5, 5.41) is 2.61. The van der Waals surface area contributed by atoms with Crippen LogP contribution in [-0.4, -0.2) is 12.2 Å². The smallest absolute Gasteiger partial charge is 0.271 e. The summed E-state index contributed by atoms with van der Waals surface area (Å²) >= 11 is 1.44. The fraction of sp³-hybridized carbons (Fsp3) is 0.273. The Bertz CT molecular complexity index is 507.